The second kappa shape index (κ2) is 4.33. The lowest BCUT2D eigenvalue weighted by molar-refractivity contribution is 0.0696. The Morgan fingerprint density at radius 1 is 0.882 bits per heavy atom. The maximum atomic E-state index is 13.2. The number of rotatable bonds is 2. The summed E-state index contributed by atoms with van der Waals surface area (Å²) in [5, 5.41) is 8.80. The van der Waals surface area contributed by atoms with E-state index in [4.69, 9.17) is 5.11 Å². The van der Waals surface area contributed by atoms with Gasteiger partial charge in [0.2, 0.25) is 0 Å². The van der Waals surface area contributed by atoms with Crippen molar-refractivity contribution in [2.75, 3.05) is 0 Å². The van der Waals surface area contributed by atoms with E-state index in [1.54, 1.807) is 0 Å². The monoisotopic (exact) mass is 234 g/mol. The third-order valence-corrected chi connectivity index (χ3v) is 2.32. The number of carboxylic acid groups (broad SMARTS) is 1. The molecule has 0 spiro atoms. The number of benzene rings is 2. The zero-order valence-electron chi connectivity index (χ0n) is 8.65. The van der Waals surface area contributed by atoms with E-state index in [0.29, 0.717) is 11.1 Å². The van der Waals surface area contributed by atoms with Crippen molar-refractivity contribution in [2.24, 2.45) is 0 Å². The van der Waals surface area contributed by atoms with Crippen LogP contribution in [-0.2, 0) is 0 Å². The molecule has 17 heavy (non-hydrogen) atoms. The standard InChI is InChI=1S/C13H8F2O2/c14-11-3-1-8(2-4-11)9-5-10(13(16)17)7-12(15)6-9/h1-7H,(H,16,17). The van der Waals surface area contributed by atoms with Crippen LogP contribution in [0.3, 0.4) is 0 Å². The molecule has 2 rings (SSSR count). The van der Waals surface area contributed by atoms with E-state index in [-0.39, 0.29) is 5.56 Å². The molecule has 0 radical (unpaired) electrons. The average molecular weight is 234 g/mol. The highest BCUT2D eigenvalue weighted by Gasteiger charge is 2.08. The van der Waals surface area contributed by atoms with Crippen LogP contribution in [0, 0.1) is 11.6 Å². The fraction of sp³-hybridized carbons (Fsp3) is 0. The molecule has 0 aliphatic carbocycles. The minimum absolute atomic E-state index is 0.135. The van der Waals surface area contributed by atoms with E-state index >= 15 is 0 Å². The van der Waals surface area contributed by atoms with E-state index in [1.807, 2.05) is 0 Å². The number of hydrogen-bond acceptors (Lipinski definition) is 1. The summed E-state index contributed by atoms with van der Waals surface area (Å²) in [6, 6.07) is 8.90. The van der Waals surface area contributed by atoms with Gasteiger partial charge in [0.15, 0.2) is 0 Å². The van der Waals surface area contributed by atoms with Crippen molar-refractivity contribution in [1.82, 2.24) is 0 Å². The summed E-state index contributed by atoms with van der Waals surface area (Å²) in [6.45, 7) is 0. The zero-order valence-corrected chi connectivity index (χ0v) is 8.65. The molecule has 2 nitrogen and oxygen atoms in total. The molecule has 2 aromatic rings. The van der Waals surface area contributed by atoms with Gasteiger partial charge in [0.25, 0.3) is 0 Å². The fourth-order valence-corrected chi connectivity index (χ4v) is 1.52. The summed E-state index contributed by atoms with van der Waals surface area (Å²) in [7, 11) is 0. The van der Waals surface area contributed by atoms with Crippen LogP contribution in [0.15, 0.2) is 42.5 Å². The van der Waals surface area contributed by atoms with Crippen LogP contribution in [-0.4, -0.2) is 11.1 Å². The quantitative estimate of drug-likeness (QED) is 0.865. The molecule has 0 aliphatic rings. The molecule has 0 saturated heterocycles. The van der Waals surface area contributed by atoms with Gasteiger partial charge < -0.3 is 5.11 Å². The fourth-order valence-electron chi connectivity index (χ4n) is 1.52. The van der Waals surface area contributed by atoms with Gasteiger partial charge in [-0.3, -0.25) is 0 Å². The van der Waals surface area contributed by atoms with Crippen LogP contribution < -0.4 is 0 Å². The Bertz CT molecular complexity index is 562. The number of halogens is 2. The summed E-state index contributed by atoms with van der Waals surface area (Å²) in [4.78, 5) is 10.8. The van der Waals surface area contributed by atoms with Gasteiger partial charge in [-0.1, -0.05) is 12.1 Å². The van der Waals surface area contributed by atoms with Gasteiger partial charge in [0, 0.05) is 0 Å². The molecule has 0 amide bonds. The van der Waals surface area contributed by atoms with Crippen LogP contribution >= 0.6 is 0 Å². The van der Waals surface area contributed by atoms with Gasteiger partial charge >= 0.3 is 5.97 Å². The molecule has 0 aromatic heterocycles. The molecule has 86 valence electrons. The van der Waals surface area contributed by atoms with Crippen molar-refractivity contribution in [1.29, 1.82) is 0 Å². The van der Waals surface area contributed by atoms with Gasteiger partial charge in [0.05, 0.1) is 5.56 Å². The molecule has 0 bridgehead atoms. The van der Waals surface area contributed by atoms with Gasteiger partial charge in [-0.15, -0.1) is 0 Å². The summed E-state index contributed by atoms with van der Waals surface area (Å²) < 4.78 is 25.9. The predicted molar refractivity (Wildman–Crippen MR) is 58.8 cm³/mol. The van der Waals surface area contributed by atoms with E-state index in [2.05, 4.69) is 0 Å². The van der Waals surface area contributed by atoms with Gasteiger partial charge in [-0.05, 0) is 41.5 Å². The van der Waals surface area contributed by atoms with Crippen LogP contribution in [0.5, 0.6) is 0 Å². The third-order valence-electron chi connectivity index (χ3n) is 2.32. The van der Waals surface area contributed by atoms with Crippen molar-refractivity contribution in [2.45, 2.75) is 0 Å². The normalized spacial score (nSPS) is 10.2. The van der Waals surface area contributed by atoms with Crippen molar-refractivity contribution in [3.63, 3.8) is 0 Å². The molecule has 2 aromatic carbocycles. The molecule has 0 aliphatic heterocycles. The Morgan fingerprint density at radius 3 is 2.12 bits per heavy atom. The smallest absolute Gasteiger partial charge is 0.335 e. The second-order valence-electron chi connectivity index (χ2n) is 3.54. The van der Waals surface area contributed by atoms with Crippen LogP contribution in [0.1, 0.15) is 10.4 Å². The predicted octanol–water partition coefficient (Wildman–Crippen LogP) is 3.33. The Hall–Kier alpha value is -2.23. The Morgan fingerprint density at radius 2 is 1.53 bits per heavy atom. The lowest BCUT2D eigenvalue weighted by atomic mass is 10.0. The van der Waals surface area contributed by atoms with Crippen molar-refractivity contribution in [3.05, 3.63) is 59.7 Å². The topological polar surface area (TPSA) is 37.3 Å². The Balaban J connectivity index is 2.51. The SMILES string of the molecule is O=C(O)c1cc(F)cc(-c2ccc(F)cc2)c1. The summed E-state index contributed by atoms with van der Waals surface area (Å²) >= 11 is 0. The molecule has 0 atom stereocenters. The van der Waals surface area contributed by atoms with Gasteiger partial charge in [-0.2, -0.15) is 0 Å². The molecular weight excluding hydrogens is 226 g/mol. The molecule has 4 heteroatoms. The highest BCUT2D eigenvalue weighted by atomic mass is 19.1. The minimum atomic E-state index is -1.20. The van der Waals surface area contributed by atoms with Crippen molar-refractivity contribution < 1.29 is 18.7 Å². The first kappa shape index (κ1) is 11.3. The summed E-state index contributed by atoms with van der Waals surface area (Å²) in [5.74, 6) is -2.24. The maximum Gasteiger partial charge on any atom is 0.335 e. The van der Waals surface area contributed by atoms with Gasteiger partial charge in [-0.25, -0.2) is 13.6 Å². The Labute approximate surface area is 96.1 Å². The van der Waals surface area contributed by atoms with E-state index in [0.717, 1.165) is 6.07 Å². The van der Waals surface area contributed by atoms with Crippen molar-refractivity contribution in [3.8, 4) is 11.1 Å². The van der Waals surface area contributed by atoms with Gasteiger partial charge in [0.1, 0.15) is 11.6 Å². The van der Waals surface area contributed by atoms with Crippen LogP contribution in [0.25, 0.3) is 11.1 Å². The highest BCUT2D eigenvalue weighted by Crippen LogP contribution is 2.22. The van der Waals surface area contributed by atoms with E-state index < -0.39 is 17.6 Å². The van der Waals surface area contributed by atoms with Crippen LogP contribution in [0.4, 0.5) is 8.78 Å². The number of carboxylic acids is 1. The lowest BCUT2D eigenvalue weighted by Gasteiger charge is -2.03. The number of aromatic carboxylic acids is 1. The Kier molecular flexibility index (Phi) is 2.87. The van der Waals surface area contributed by atoms with E-state index in [1.165, 1.54) is 36.4 Å². The molecule has 1 N–H and O–H groups in total. The minimum Gasteiger partial charge on any atom is -0.478 e. The molecule has 0 fully saturated rings. The first-order valence-corrected chi connectivity index (χ1v) is 4.86. The summed E-state index contributed by atoms with van der Waals surface area (Å²) in [5.41, 5.74) is 0.833. The molecular formula is C13H8F2O2. The first-order chi connectivity index (χ1) is 8.06. The molecule has 0 unspecified atom stereocenters. The van der Waals surface area contributed by atoms with Crippen LogP contribution in [0.2, 0.25) is 0 Å². The lowest BCUT2D eigenvalue weighted by Crippen LogP contribution is -1.97. The molecule has 0 heterocycles. The first-order valence-electron chi connectivity index (χ1n) is 4.86. The molecule has 0 saturated carbocycles. The van der Waals surface area contributed by atoms with E-state index in [9.17, 15) is 13.6 Å². The number of hydrogen-bond donors (Lipinski definition) is 1. The largest absolute Gasteiger partial charge is 0.478 e. The zero-order chi connectivity index (χ0) is 12.4. The summed E-state index contributed by atoms with van der Waals surface area (Å²) in [6.07, 6.45) is 0. The average Bonchev–Trinajstić information content (AvgIpc) is 2.29. The number of carbonyl (C=O) groups is 1. The van der Waals surface area contributed by atoms with Crippen molar-refractivity contribution >= 4 is 5.97 Å². The third kappa shape index (κ3) is 2.47. The second-order valence-corrected chi connectivity index (χ2v) is 3.54. The maximum absolute atomic E-state index is 13.2. The highest BCUT2D eigenvalue weighted by molar-refractivity contribution is 5.89.